The second-order valence-corrected chi connectivity index (χ2v) is 12.1. The molecule has 1 aliphatic heterocycles. The van der Waals surface area contributed by atoms with Gasteiger partial charge in [-0.2, -0.15) is 0 Å². The molecule has 4 nitrogen and oxygen atoms in total. The number of ketones is 2. The Kier molecular flexibility index (Phi) is 5.71. The third-order valence-electron chi connectivity index (χ3n) is 7.43. The quantitative estimate of drug-likeness (QED) is 0.456. The molecule has 0 spiro atoms. The van der Waals surface area contributed by atoms with Gasteiger partial charge in [0.2, 0.25) is 0 Å². The van der Waals surface area contributed by atoms with E-state index < -0.39 is 0 Å². The summed E-state index contributed by atoms with van der Waals surface area (Å²) in [6.45, 7) is 8.58. The molecule has 2 aromatic carbocycles. The maximum absolute atomic E-state index is 13.8. The van der Waals surface area contributed by atoms with Crippen molar-refractivity contribution in [2.75, 3.05) is 12.0 Å². The van der Waals surface area contributed by atoms with Crippen molar-refractivity contribution in [2.45, 2.75) is 59.3 Å². The number of carbonyl (C=O) groups excluding carboxylic acids is 2. The first-order valence-corrected chi connectivity index (χ1v) is 12.6. The van der Waals surface area contributed by atoms with Crippen molar-refractivity contribution in [1.29, 1.82) is 0 Å². The summed E-state index contributed by atoms with van der Waals surface area (Å²) < 4.78 is 5.37. The molecule has 0 aromatic heterocycles. The SMILES string of the molecule is COc1ccc(C2C3=C(CC(C)(C)CC3=O)N(c3cccc(Cl)c3)C3=C2C(=O)CC(C)(C)C3)cc1. The molecule has 0 fully saturated rings. The molecule has 2 aliphatic carbocycles. The van der Waals surface area contributed by atoms with Crippen molar-refractivity contribution in [3.8, 4) is 5.75 Å². The van der Waals surface area contributed by atoms with Crippen LogP contribution in [0, 0.1) is 10.8 Å². The van der Waals surface area contributed by atoms with E-state index in [4.69, 9.17) is 16.3 Å². The van der Waals surface area contributed by atoms with E-state index in [-0.39, 0.29) is 28.3 Å². The lowest BCUT2D eigenvalue weighted by Crippen LogP contribution is -2.44. The highest BCUT2D eigenvalue weighted by Gasteiger charge is 2.49. The zero-order valence-electron chi connectivity index (χ0n) is 21.1. The molecule has 0 amide bonds. The van der Waals surface area contributed by atoms with Crippen molar-refractivity contribution in [3.05, 3.63) is 81.7 Å². The third kappa shape index (κ3) is 4.23. The normalized spacial score (nSPS) is 21.7. The number of hydrogen-bond acceptors (Lipinski definition) is 4. The van der Waals surface area contributed by atoms with Crippen molar-refractivity contribution in [3.63, 3.8) is 0 Å². The molecule has 1 heterocycles. The number of halogens is 1. The van der Waals surface area contributed by atoms with Crippen LogP contribution in [0.25, 0.3) is 0 Å². The van der Waals surface area contributed by atoms with Gasteiger partial charge < -0.3 is 9.64 Å². The third-order valence-corrected chi connectivity index (χ3v) is 7.66. The van der Waals surface area contributed by atoms with E-state index in [1.165, 1.54) is 0 Å². The fraction of sp³-hybridized carbons (Fsp3) is 0.400. The van der Waals surface area contributed by atoms with Gasteiger partial charge in [0, 0.05) is 52.0 Å². The lowest BCUT2D eigenvalue weighted by atomic mass is 9.63. The van der Waals surface area contributed by atoms with Gasteiger partial charge in [0.05, 0.1) is 7.11 Å². The van der Waals surface area contributed by atoms with Crippen LogP contribution in [0.3, 0.4) is 0 Å². The zero-order chi connectivity index (χ0) is 25.1. The number of nitrogens with zero attached hydrogens (tertiary/aromatic N) is 1. The number of ether oxygens (including phenoxy) is 1. The van der Waals surface area contributed by atoms with Crippen LogP contribution in [0.1, 0.15) is 64.9 Å². The maximum Gasteiger partial charge on any atom is 0.162 e. The minimum absolute atomic E-state index is 0.119. The van der Waals surface area contributed by atoms with E-state index in [1.54, 1.807) is 7.11 Å². The topological polar surface area (TPSA) is 46.6 Å². The van der Waals surface area contributed by atoms with Crippen LogP contribution in [-0.4, -0.2) is 18.7 Å². The summed E-state index contributed by atoms with van der Waals surface area (Å²) in [5, 5.41) is 0.631. The number of hydrogen-bond donors (Lipinski definition) is 0. The van der Waals surface area contributed by atoms with Gasteiger partial charge in [-0.25, -0.2) is 0 Å². The van der Waals surface area contributed by atoms with Crippen LogP contribution in [0.4, 0.5) is 5.69 Å². The molecule has 5 heteroatoms. The van der Waals surface area contributed by atoms with Gasteiger partial charge in [-0.3, -0.25) is 9.59 Å². The van der Waals surface area contributed by atoms with Crippen molar-refractivity contribution < 1.29 is 14.3 Å². The molecule has 0 N–H and O–H groups in total. The summed E-state index contributed by atoms with van der Waals surface area (Å²) in [6, 6.07) is 15.5. The number of anilines is 1. The highest BCUT2D eigenvalue weighted by Crippen LogP contribution is 2.55. The Hall–Kier alpha value is -2.85. The molecular formula is C30H32ClNO3. The number of methoxy groups -OCH3 is 1. The number of benzene rings is 2. The number of rotatable bonds is 3. The lowest BCUT2D eigenvalue weighted by Gasteiger charge is -2.49. The van der Waals surface area contributed by atoms with Crippen LogP contribution in [-0.2, 0) is 9.59 Å². The minimum Gasteiger partial charge on any atom is -0.497 e. The predicted molar refractivity (Wildman–Crippen MR) is 140 cm³/mol. The van der Waals surface area contributed by atoms with Crippen molar-refractivity contribution in [2.24, 2.45) is 10.8 Å². The Labute approximate surface area is 212 Å². The average molecular weight is 490 g/mol. The van der Waals surface area contributed by atoms with Gasteiger partial charge in [-0.05, 0) is 59.6 Å². The Bertz CT molecular complexity index is 1230. The first kappa shape index (κ1) is 23.9. The van der Waals surface area contributed by atoms with Gasteiger partial charge in [-0.1, -0.05) is 57.5 Å². The molecule has 5 rings (SSSR count). The van der Waals surface area contributed by atoms with E-state index in [1.807, 2.05) is 48.5 Å². The first-order chi connectivity index (χ1) is 16.5. The number of carbonyl (C=O) groups is 2. The Morgan fingerprint density at radius 3 is 1.86 bits per heavy atom. The van der Waals surface area contributed by atoms with Crippen LogP contribution in [0.2, 0.25) is 5.02 Å². The lowest BCUT2D eigenvalue weighted by molar-refractivity contribution is -0.119. The Balaban J connectivity index is 1.82. The summed E-state index contributed by atoms with van der Waals surface area (Å²) >= 11 is 6.43. The second-order valence-electron chi connectivity index (χ2n) is 11.6. The number of allylic oxidation sites excluding steroid dienone is 4. The Morgan fingerprint density at radius 1 is 0.829 bits per heavy atom. The highest BCUT2D eigenvalue weighted by atomic mass is 35.5. The monoisotopic (exact) mass is 489 g/mol. The van der Waals surface area contributed by atoms with Crippen LogP contribution < -0.4 is 9.64 Å². The molecule has 3 aliphatic rings. The predicted octanol–water partition coefficient (Wildman–Crippen LogP) is 7.24. The van der Waals surface area contributed by atoms with E-state index in [9.17, 15) is 9.59 Å². The summed E-state index contributed by atoms with van der Waals surface area (Å²) in [4.78, 5) is 29.9. The molecule has 0 radical (unpaired) electrons. The van der Waals surface area contributed by atoms with Gasteiger partial charge >= 0.3 is 0 Å². The Morgan fingerprint density at radius 2 is 1.37 bits per heavy atom. The molecule has 0 saturated heterocycles. The van der Waals surface area contributed by atoms with Crippen molar-refractivity contribution in [1.82, 2.24) is 0 Å². The minimum atomic E-state index is -0.367. The fourth-order valence-corrected chi connectivity index (χ4v) is 6.21. The van der Waals surface area contributed by atoms with Gasteiger partial charge in [0.15, 0.2) is 11.6 Å². The summed E-state index contributed by atoms with van der Waals surface area (Å²) in [5.74, 6) is 0.621. The summed E-state index contributed by atoms with van der Waals surface area (Å²) in [7, 11) is 1.64. The molecule has 0 unspecified atom stereocenters. The van der Waals surface area contributed by atoms with Gasteiger partial charge in [0.25, 0.3) is 0 Å². The van der Waals surface area contributed by atoms with Crippen LogP contribution in [0.15, 0.2) is 71.1 Å². The fourth-order valence-electron chi connectivity index (χ4n) is 6.02. The van der Waals surface area contributed by atoms with E-state index in [0.29, 0.717) is 17.9 Å². The smallest absolute Gasteiger partial charge is 0.162 e. The molecule has 2 aromatic rings. The highest BCUT2D eigenvalue weighted by molar-refractivity contribution is 6.30. The largest absolute Gasteiger partial charge is 0.497 e. The standard InChI is InChI=1S/C30H32ClNO3/c1-29(2)14-22-27(24(33)16-29)26(18-9-11-21(35-5)12-10-18)28-23(15-30(3,4)17-25(28)34)32(22)20-8-6-7-19(31)13-20/h6-13,26H,14-17H2,1-5H3. The van der Waals surface area contributed by atoms with E-state index in [2.05, 4.69) is 32.6 Å². The molecular weight excluding hydrogens is 458 g/mol. The summed E-state index contributed by atoms with van der Waals surface area (Å²) in [6.07, 6.45) is 2.42. The molecule has 182 valence electrons. The van der Waals surface area contributed by atoms with Gasteiger partial charge in [0.1, 0.15) is 5.75 Å². The molecule has 35 heavy (non-hydrogen) atoms. The van der Waals surface area contributed by atoms with Gasteiger partial charge in [-0.15, -0.1) is 0 Å². The zero-order valence-corrected chi connectivity index (χ0v) is 21.8. The maximum atomic E-state index is 13.8. The summed E-state index contributed by atoms with van der Waals surface area (Å²) in [5.41, 5.74) is 5.01. The van der Waals surface area contributed by atoms with Crippen LogP contribution >= 0.6 is 11.6 Å². The van der Waals surface area contributed by atoms with E-state index >= 15 is 0 Å². The molecule has 0 atom stereocenters. The second kappa shape index (κ2) is 8.37. The van der Waals surface area contributed by atoms with Crippen molar-refractivity contribution >= 4 is 28.9 Å². The van der Waals surface area contributed by atoms with Crippen LogP contribution in [0.5, 0.6) is 5.75 Å². The molecule has 0 bridgehead atoms. The first-order valence-electron chi connectivity index (χ1n) is 12.2. The van der Waals surface area contributed by atoms with E-state index in [0.717, 1.165) is 52.4 Å². The average Bonchev–Trinajstić information content (AvgIpc) is 2.76. The molecule has 0 saturated carbocycles. The number of Topliss-reactive ketones (excluding diaryl/α,β-unsaturated/α-hetero) is 2.